The van der Waals surface area contributed by atoms with Crippen LogP contribution in [0, 0.1) is 0 Å². The average Bonchev–Trinajstić information content (AvgIpc) is 2.54. The van der Waals surface area contributed by atoms with Crippen LogP contribution in [0.3, 0.4) is 0 Å². The van der Waals surface area contributed by atoms with Gasteiger partial charge in [0.15, 0.2) is 6.29 Å². The van der Waals surface area contributed by atoms with Gasteiger partial charge in [0.2, 0.25) is 0 Å². The van der Waals surface area contributed by atoms with Crippen molar-refractivity contribution in [1.82, 2.24) is 5.32 Å². The molecule has 1 heterocycles. The Morgan fingerprint density at radius 2 is 1.71 bits per heavy atom. The Balaban J connectivity index is 2.10. The van der Waals surface area contributed by atoms with Crippen molar-refractivity contribution in [3.05, 3.63) is 0 Å². The van der Waals surface area contributed by atoms with Gasteiger partial charge in [0, 0.05) is 12.1 Å². The Morgan fingerprint density at radius 1 is 1.08 bits per heavy atom. The molecule has 1 saturated carbocycles. The van der Waals surface area contributed by atoms with Gasteiger partial charge in [-0.1, -0.05) is 0 Å². The molecule has 6 unspecified atom stereocenters. The smallest absolute Gasteiger partial charge is 0.176 e. The van der Waals surface area contributed by atoms with Crippen LogP contribution in [0.25, 0.3) is 0 Å². The zero-order valence-corrected chi connectivity index (χ0v) is 13.8. The SMILES string of the molecule is CN[C@@H]1CC(N)[C@@H](O[C@H]2OC(C(C)O)[C@@H](O)C(O)C2N)C(O)[C@@H]1O. The molecule has 10 heteroatoms. The molecule has 10 nitrogen and oxygen atoms in total. The first-order chi connectivity index (χ1) is 11.2. The summed E-state index contributed by atoms with van der Waals surface area (Å²) in [4.78, 5) is 0. The fourth-order valence-corrected chi connectivity index (χ4v) is 3.31. The van der Waals surface area contributed by atoms with Crippen molar-refractivity contribution in [2.75, 3.05) is 7.05 Å². The van der Waals surface area contributed by atoms with Crippen LogP contribution in [0.5, 0.6) is 0 Å². The van der Waals surface area contributed by atoms with Crippen molar-refractivity contribution in [1.29, 1.82) is 0 Å². The molecule has 11 atom stereocenters. The third-order valence-corrected chi connectivity index (χ3v) is 4.87. The monoisotopic (exact) mass is 351 g/mol. The fourth-order valence-electron chi connectivity index (χ4n) is 3.31. The van der Waals surface area contributed by atoms with Gasteiger partial charge in [0.25, 0.3) is 0 Å². The summed E-state index contributed by atoms with van der Waals surface area (Å²) in [5.74, 6) is 0. The van der Waals surface area contributed by atoms with Crippen LogP contribution in [0.15, 0.2) is 0 Å². The maximum atomic E-state index is 10.3. The molecular weight excluding hydrogens is 322 g/mol. The molecule has 0 aromatic carbocycles. The highest BCUT2D eigenvalue weighted by Gasteiger charge is 2.49. The summed E-state index contributed by atoms with van der Waals surface area (Å²) < 4.78 is 11.1. The van der Waals surface area contributed by atoms with E-state index in [-0.39, 0.29) is 6.04 Å². The number of nitrogens with one attached hydrogen (secondary N) is 1. The van der Waals surface area contributed by atoms with Gasteiger partial charge in [0.1, 0.15) is 30.5 Å². The summed E-state index contributed by atoms with van der Waals surface area (Å²) in [5.41, 5.74) is 11.9. The van der Waals surface area contributed by atoms with Crippen molar-refractivity contribution in [2.24, 2.45) is 11.5 Å². The second-order valence-corrected chi connectivity index (χ2v) is 6.64. The molecule has 1 aliphatic carbocycles. The minimum Gasteiger partial charge on any atom is -0.391 e. The zero-order valence-electron chi connectivity index (χ0n) is 13.8. The summed E-state index contributed by atoms with van der Waals surface area (Å²) in [6, 6.07) is -2.09. The van der Waals surface area contributed by atoms with Crippen LogP contribution in [-0.4, -0.2) is 99.7 Å². The molecule has 142 valence electrons. The lowest BCUT2D eigenvalue weighted by atomic mass is 9.84. The first-order valence-corrected chi connectivity index (χ1v) is 8.08. The molecule has 10 N–H and O–H groups in total. The van der Waals surface area contributed by atoms with Gasteiger partial charge >= 0.3 is 0 Å². The van der Waals surface area contributed by atoms with E-state index in [0.717, 1.165) is 0 Å². The van der Waals surface area contributed by atoms with E-state index in [2.05, 4.69) is 5.32 Å². The number of hydrogen-bond donors (Lipinski definition) is 8. The quantitative estimate of drug-likeness (QED) is 0.246. The van der Waals surface area contributed by atoms with Crippen LogP contribution in [0.4, 0.5) is 0 Å². The van der Waals surface area contributed by atoms with Crippen LogP contribution in [0.2, 0.25) is 0 Å². The minimum atomic E-state index is -1.38. The molecule has 24 heavy (non-hydrogen) atoms. The predicted octanol–water partition coefficient (Wildman–Crippen LogP) is -4.43. The molecule has 2 rings (SSSR count). The topological polar surface area (TPSA) is 184 Å². The lowest BCUT2D eigenvalue weighted by molar-refractivity contribution is -0.301. The molecule has 1 saturated heterocycles. The highest BCUT2D eigenvalue weighted by atomic mass is 16.7. The normalized spacial score (nSPS) is 51.4. The number of rotatable bonds is 4. The summed E-state index contributed by atoms with van der Waals surface area (Å²) in [6.45, 7) is 1.40. The Kier molecular flexibility index (Phi) is 6.53. The molecule has 0 spiro atoms. The van der Waals surface area contributed by atoms with E-state index < -0.39 is 61.1 Å². The number of aliphatic hydroxyl groups excluding tert-OH is 5. The van der Waals surface area contributed by atoms with Gasteiger partial charge in [-0.3, -0.25) is 0 Å². The highest BCUT2D eigenvalue weighted by molar-refractivity contribution is 5.00. The van der Waals surface area contributed by atoms with Crippen LogP contribution >= 0.6 is 0 Å². The Labute approximate surface area is 140 Å². The number of likely N-dealkylation sites (N-methyl/N-ethyl adjacent to an activating group) is 1. The van der Waals surface area contributed by atoms with E-state index in [9.17, 15) is 25.5 Å². The molecule has 1 aliphatic heterocycles. The third-order valence-electron chi connectivity index (χ3n) is 4.87. The van der Waals surface area contributed by atoms with Crippen molar-refractivity contribution < 1.29 is 35.0 Å². The Hall–Kier alpha value is -0.400. The predicted molar refractivity (Wildman–Crippen MR) is 82.7 cm³/mol. The molecule has 0 bridgehead atoms. The van der Waals surface area contributed by atoms with Crippen molar-refractivity contribution in [3.8, 4) is 0 Å². The van der Waals surface area contributed by atoms with Gasteiger partial charge < -0.3 is 51.8 Å². The lowest BCUT2D eigenvalue weighted by Gasteiger charge is -2.46. The number of hydrogen-bond acceptors (Lipinski definition) is 10. The van der Waals surface area contributed by atoms with Crippen molar-refractivity contribution in [3.63, 3.8) is 0 Å². The lowest BCUT2D eigenvalue weighted by Crippen LogP contribution is -2.68. The number of aliphatic hydroxyl groups is 5. The van der Waals surface area contributed by atoms with Crippen LogP contribution < -0.4 is 16.8 Å². The zero-order chi connectivity index (χ0) is 18.2. The molecule has 0 amide bonds. The van der Waals surface area contributed by atoms with E-state index in [1.165, 1.54) is 6.92 Å². The number of nitrogens with two attached hydrogens (primary N) is 2. The largest absolute Gasteiger partial charge is 0.391 e. The van der Waals surface area contributed by atoms with Crippen LogP contribution in [-0.2, 0) is 9.47 Å². The van der Waals surface area contributed by atoms with Gasteiger partial charge in [-0.2, -0.15) is 0 Å². The first-order valence-electron chi connectivity index (χ1n) is 8.08. The number of ether oxygens (including phenoxy) is 2. The Morgan fingerprint density at radius 3 is 2.25 bits per heavy atom. The maximum Gasteiger partial charge on any atom is 0.176 e. The van der Waals surface area contributed by atoms with Gasteiger partial charge in [-0.05, 0) is 20.4 Å². The van der Waals surface area contributed by atoms with Crippen molar-refractivity contribution in [2.45, 2.75) is 80.5 Å². The average molecular weight is 351 g/mol. The molecular formula is C14H29N3O7. The van der Waals surface area contributed by atoms with E-state index in [1.54, 1.807) is 7.05 Å². The van der Waals surface area contributed by atoms with E-state index >= 15 is 0 Å². The summed E-state index contributed by atoms with van der Waals surface area (Å²) in [7, 11) is 1.65. The van der Waals surface area contributed by atoms with E-state index in [0.29, 0.717) is 6.42 Å². The highest BCUT2D eigenvalue weighted by Crippen LogP contribution is 2.28. The van der Waals surface area contributed by atoms with Gasteiger partial charge in [0.05, 0.1) is 18.2 Å². The third kappa shape index (κ3) is 3.73. The second-order valence-electron chi connectivity index (χ2n) is 6.64. The maximum absolute atomic E-state index is 10.3. The molecule has 0 radical (unpaired) electrons. The fraction of sp³-hybridized carbons (Fsp3) is 1.00. The summed E-state index contributed by atoms with van der Waals surface area (Å²) in [5, 5.41) is 52.9. The standard InChI is InChI=1S/C14H29N3O7/c1-4(18)12-11(22)9(20)7(16)14(23-12)24-13-5(15)3-6(17-2)8(19)10(13)21/h4-14,17-22H,3,15-16H2,1-2H3/t4?,5?,6-,7?,8-,9?,10?,11+,12?,13-,14-/m1/s1. The van der Waals surface area contributed by atoms with Crippen molar-refractivity contribution >= 4 is 0 Å². The van der Waals surface area contributed by atoms with Gasteiger partial charge in [-0.25, -0.2) is 0 Å². The molecule has 2 fully saturated rings. The molecule has 0 aromatic heterocycles. The summed E-state index contributed by atoms with van der Waals surface area (Å²) >= 11 is 0. The van der Waals surface area contributed by atoms with E-state index in [1.807, 2.05) is 0 Å². The molecule has 0 aromatic rings. The van der Waals surface area contributed by atoms with E-state index in [4.69, 9.17) is 20.9 Å². The molecule has 2 aliphatic rings. The van der Waals surface area contributed by atoms with Crippen LogP contribution in [0.1, 0.15) is 13.3 Å². The first kappa shape index (κ1) is 19.9. The summed E-state index contributed by atoms with van der Waals surface area (Å²) in [6.07, 6.45) is -9.12. The Bertz CT molecular complexity index is 416. The van der Waals surface area contributed by atoms with Gasteiger partial charge in [-0.15, -0.1) is 0 Å². The minimum absolute atomic E-state index is 0.354. The second kappa shape index (κ2) is 7.87.